The molecule has 2 aromatic rings. The molecule has 0 saturated heterocycles. The summed E-state index contributed by atoms with van der Waals surface area (Å²) >= 11 is 0. The lowest BCUT2D eigenvalue weighted by Gasteiger charge is -2.02. The first-order chi connectivity index (χ1) is 8.58. The second-order valence-electron chi connectivity index (χ2n) is 3.61. The molecule has 1 aromatic carbocycles. The summed E-state index contributed by atoms with van der Waals surface area (Å²) in [6.07, 6.45) is 0. The normalized spacial score (nSPS) is 10.4. The highest BCUT2D eigenvalue weighted by atomic mass is 16.4. The van der Waals surface area contributed by atoms with E-state index >= 15 is 0 Å². The van der Waals surface area contributed by atoms with Gasteiger partial charge in [0.25, 0.3) is 0 Å². The lowest BCUT2D eigenvalue weighted by atomic mass is 10.2. The van der Waals surface area contributed by atoms with Crippen LogP contribution in [0.2, 0.25) is 0 Å². The minimum atomic E-state index is -1.01. The second kappa shape index (κ2) is 4.70. The van der Waals surface area contributed by atoms with Crippen molar-refractivity contribution in [2.75, 3.05) is 6.54 Å². The molecule has 0 bridgehead atoms. The zero-order valence-electron chi connectivity index (χ0n) is 9.33. The van der Waals surface area contributed by atoms with E-state index in [1.165, 1.54) is 12.1 Å². The smallest absolute Gasteiger partial charge is 0.335 e. The summed E-state index contributed by atoms with van der Waals surface area (Å²) in [4.78, 5) is 21.3. The quantitative estimate of drug-likeness (QED) is 0.692. The predicted molar refractivity (Wildman–Crippen MR) is 62.1 cm³/mol. The van der Waals surface area contributed by atoms with Crippen LogP contribution in [0.15, 0.2) is 18.2 Å². The number of aromatic nitrogens is 3. The van der Waals surface area contributed by atoms with Crippen LogP contribution in [0, 0.1) is 0 Å². The number of aromatic carboxylic acids is 1. The molecule has 2 amide bonds. The van der Waals surface area contributed by atoms with Gasteiger partial charge in [-0.25, -0.2) is 14.3 Å². The van der Waals surface area contributed by atoms with Crippen LogP contribution in [-0.4, -0.2) is 38.6 Å². The third-order valence-electron chi connectivity index (χ3n) is 2.38. The maximum Gasteiger partial charge on any atom is 0.335 e. The number of benzene rings is 1. The fourth-order valence-electron chi connectivity index (χ4n) is 1.56. The molecule has 0 saturated carbocycles. The van der Waals surface area contributed by atoms with Gasteiger partial charge in [-0.3, -0.25) is 0 Å². The molecule has 0 spiro atoms. The molecule has 18 heavy (non-hydrogen) atoms. The van der Waals surface area contributed by atoms with Gasteiger partial charge in [0.05, 0.1) is 17.6 Å². The minimum absolute atomic E-state index is 0.157. The van der Waals surface area contributed by atoms with E-state index in [2.05, 4.69) is 15.6 Å². The molecule has 1 aromatic heterocycles. The van der Waals surface area contributed by atoms with E-state index in [-0.39, 0.29) is 5.56 Å². The lowest BCUT2D eigenvalue weighted by Crippen LogP contribution is -2.32. The van der Waals surface area contributed by atoms with Crippen LogP contribution in [0.25, 0.3) is 11.0 Å². The Morgan fingerprint density at radius 3 is 2.89 bits per heavy atom. The molecule has 0 aliphatic rings. The molecule has 0 aliphatic heterocycles. The molecule has 8 nitrogen and oxygen atoms in total. The Labute approximate surface area is 101 Å². The van der Waals surface area contributed by atoms with Crippen molar-refractivity contribution >= 4 is 23.0 Å². The molecule has 0 fully saturated rings. The van der Waals surface area contributed by atoms with Crippen molar-refractivity contribution in [3.05, 3.63) is 23.8 Å². The molecule has 94 valence electrons. The van der Waals surface area contributed by atoms with Crippen LogP contribution in [0.4, 0.5) is 4.79 Å². The third kappa shape index (κ3) is 2.37. The Morgan fingerprint density at radius 2 is 2.22 bits per heavy atom. The van der Waals surface area contributed by atoms with Crippen molar-refractivity contribution < 1.29 is 14.7 Å². The van der Waals surface area contributed by atoms with Gasteiger partial charge >= 0.3 is 12.0 Å². The van der Waals surface area contributed by atoms with Gasteiger partial charge in [0.15, 0.2) is 0 Å². The third-order valence-corrected chi connectivity index (χ3v) is 2.38. The Kier molecular flexibility index (Phi) is 3.09. The summed E-state index contributed by atoms with van der Waals surface area (Å²) < 4.78 is 1.57. The molecule has 1 heterocycles. The Balaban J connectivity index is 2.20. The fraction of sp³-hybridized carbons (Fsp3) is 0.200. The van der Waals surface area contributed by atoms with Gasteiger partial charge in [-0.1, -0.05) is 5.21 Å². The van der Waals surface area contributed by atoms with Crippen molar-refractivity contribution in [3.8, 4) is 0 Å². The number of carbonyl (C=O) groups excluding carboxylic acids is 1. The van der Waals surface area contributed by atoms with Crippen LogP contribution < -0.4 is 11.1 Å². The van der Waals surface area contributed by atoms with Crippen LogP contribution in [0.3, 0.4) is 0 Å². The number of amides is 2. The molecule has 4 N–H and O–H groups in total. The van der Waals surface area contributed by atoms with Crippen LogP contribution >= 0.6 is 0 Å². The standard InChI is InChI=1S/C10H11N5O3/c11-10(18)12-3-4-15-8-2-1-6(9(16)17)5-7(8)13-14-15/h1-2,5H,3-4H2,(H,16,17)(H3,11,12,18). The maximum atomic E-state index is 10.8. The van der Waals surface area contributed by atoms with Gasteiger partial charge < -0.3 is 16.2 Å². The van der Waals surface area contributed by atoms with E-state index in [1.54, 1.807) is 10.7 Å². The highest BCUT2D eigenvalue weighted by Gasteiger charge is 2.08. The summed E-state index contributed by atoms with van der Waals surface area (Å²) in [7, 11) is 0. The molecule has 0 radical (unpaired) electrons. The summed E-state index contributed by atoms with van der Waals surface area (Å²) in [5.74, 6) is -1.01. The van der Waals surface area contributed by atoms with Crippen molar-refractivity contribution in [2.45, 2.75) is 6.54 Å². The van der Waals surface area contributed by atoms with Crippen LogP contribution in [0.1, 0.15) is 10.4 Å². The van der Waals surface area contributed by atoms with Gasteiger partial charge in [-0.2, -0.15) is 0 Å². The van der Waals surface area contributed by atoms with Gasteiger partial charge in [0, 0.05) is 6.54 Å². The van der Waals surface area contributed by atoms with Crippen molar-refractivity contribution in [2.24, 2.45) is 5.73 Å². The summed E-state index contributed by atoms with van der Waals surface area (Å²) in [6, 6.07) is 3.95. The van der Waals surface area contributed by atoms with E-state index in [1.807, 2.05) is 0 Å². The Morgan fingerprint density at radius 1 is 1.44 bits per heavy atom. The Bertz CT molecular complexity index is 607. The zero-order valence-corrected chi connectivity index (χ0v) is 9.33. The number of rotatable bonds is 4. The molecule has 8 heteroatoms. The average Bonchev–Trinajstić information content (AvgIpc) is 2.71. The van der Waals surface area contributed by atoms with Gasteiger partial charge in [-0.05, 0) is 18.2 Å². The SMILES string of the molecule is NC(=O)NCCn1nnc2cc(C(=O)O)ccc21. The molecular weight excluding hydrogens is 238 g/mol. The molecular formula is C10H11N5O3. The number of carboxylic acid groups (broad SMARTS) is 1. The van der Waals surface area contributed by atoms with Crippen molar-refractivity contribution in [3.63, 3.8) is 0 Å². The first-order valence-corrected chi connectivity index (χ1v) is 5.18. The number of primary amides is 1. The van der Waals surface area contributed by atoms with Crippen LogP contribution in [-0.2, 0) is 6.54 Å². The maximum absolute atomic E-state index is 10.8. The Hall–Kier alpha value is -2.64. The highest BCUT2D eigenvalue weighted by molar-refractivity contribution is 5.92. The zero-order chi connectivity index (χ0) is 13.1. The minimum Gasteiger partial charge on any atom is -0.478 e. The summed E-state index contributed by atoms with van der Waals surface area (Å²) in [5.41, 5.74) is 6.29. The molecule has 2 rings (SSSR count). The van der Waals surface area contributed by atoms with Crippen LogP contribution in [0.5, 0.6) is 0 Å². The number of carbonyl (C=O) groups is 2. The van der Waals surface area contributed by atoms with E-state index in [9.17, 15) is 9.59 Å². The topological polar surface area (TPSA) is 123 Å². The van der Waals surface area contributed by atoms with E-state index in [0.717, 1.165) is 0 Å². The number of nitrogens with one attached hydrogen (secondary N) is 1. The average molecular weight is 249 g/mol. The number of fused-ring (bicyclic) bond motifs is 1. The number of hydrogen-bond donors (Lipinski definition) is 3. The number of nitrogens with two attached hydrogens (primary N) is 1. The number of carboxylic acids is 1. The first-order valence-electron chi connectivity index (χ1n) is 5.18. The summed E-state index contributed by atoms with van der Waals surface area (Å²) in [5, 5.41) is 19.0. The first kappa shape index (κ1) is 11.8. The van der Waals surface area contributed by atoms with E-state index in [0.29, 0.717) is 24.1 Å². The molecule has 0 aliphatic carbocycles. The van der Waals surface area contributed by atoms with Gasteiger partial charge in [-0.15, -0.1) is 5.10 Å². The number of nitrogens with zero attached hydrogens (tertiary/aromatic N) is 3. The molecule has 0 unspecified atom stereocenters. The van der Waals surface area contributed by atoms with Gasteiger partial charge in [0.1, 0.15) is 5.52 Å². The predicted octanol–water partition coefficient (Wildman–Crippen LogP) is -0.202. The molecule has 0 atom stereocenters. The second-order valence-corrected chi connectivity index (χ2v) is 3.61. The largest absolute Gasteiger partial charge is 0.478 e. The van der Waals surface area contributed by atoms with Crippen molar-refractivity contribution in [1.29, 1.82) is 0 Å². The van der Waals surface area contributed by atoms with Crippen molar-refractivity contribution in [1.82, 2.24) is 20.3 Å². The number of hydrogen-bond acceptors (Lipinski definition) is 4. The fourth-order valence-corrected chi connectivity index (χ4v) is 1.56. The van der Waals surface area contributed by atoms with E-state index < -0.39 is 12.0 Å². The monoisotopic (exact) mass is 249 g/mol. The van der Waals surface area contributed by atoms with E-state index in [4.69, 9.17) is 10.8 Å². The summed E-state index contributed by atoms with van der Waals surface area (Å²) in [6.45, 7) is 0.736. The number of urea groups is 1. The highest BCUT2D eigenvalue weighted by Crippen LogP contribution is 2.13. The van der Waals surface area contributed by atoms with Gasteiger partial charge in [0.2, 0.25) is 0 Å². The lowest BCUT2D eigenvalue weighted by molar-refractivity contribution is 0.0697.